The maximum absolute atomic E-state index is 12.3. The Balaban J connectivity index is 4.88. The molecule has 6 N–H and O–H groups in total. The monoisotopic (exact) mass is 377 g/mol. The molecule has 0 radical (unpaired) electrons. The van der Waals surface area contributed by atoms with Crippen LogP contribution in [0.1, 0.15) is 33.1 Å². The number of amides is 2. The molecule has 0 spiro atoms. The molecule has 0 aromatic carbocycles. The maximum Gasteiger partial charge on any atom is 0.326 e. The van der Waals surface area contributed by atoms with Crippen molar-refractivity contribution in [1.82, 2.24) is 10.6 Å². The number of aliphatic carboxylic acids is 2. The summed E-state index contributed by atoms with van der Waals surface area (Å²) in [5.41, 5.74) is 5.77. The number of carbonyl (C=O) groups excluding carboxylic acids is 2. The van der Waals surface area contributed by atoms with Crippen LogP contribution in [0.15, 0.2) is 0 Å². The van der Waals surface area contributed by atoms with E-state index in [4.69, 9.17) is 15.9 Å². The van der Waals surface area contributed by atoms with Crippen molar-refractivity contribution in [3.63, 3.8) is 0 Å². The molecule has 10 heteroatoms. The second kappa shape index (κ2) is 11.7. The third-order valence-electron chi connectivity index (χ3n) is 3.48. The third kappa shape index (κ3) is 9.30. The molecule has 0 aliphatic heterocycles. The van der Waals surface area contributed by atoms with Gasteiger partial charge in [-0.1, -0.05) is 13.8 Å². The van der Waals surface area contributed by atoms with Gasteiger partial charge in [0.05, 0.1) is 6.04 Å². The molecule has 0 aromatic rings. The van der Waals surface area contributed by atoms with E-state index in [0.717, 1.165) is 0 Å². The Labute approximate surface area is 151 Å². The molecule has 0 heterocycles. The standard InChI is InChI=1S/C15H27N3O6S/c1-8(2)12(18-13(21)9(16)6-7-25-3)14(22)17-10(15(23)24)4-5-11(19)20/h8-10,12H,4-7,16H2,1-3H3,(H,17,22)(H,18,21)(H,19,20)(H,23,24)/t9-,10-,12-/m0/s1. The Morgan fingerprint density at radius 3 is 2.08 bits per heavy atom. The zero-order valence-corrected chi connectivity index (χ0v) is 15.5. The van der Waals surface area contributed by atoms with Crippen LogP contribution in [-0.4, -0.2) is 64.1 Å². The molecule has 3 atom stereocenters. The summed E-state index contributed by atoms with van der Waals surface area (Å²) in [4.78, 5) is 46.2. The van der Waals surface area contributed by atoms with E-state index in [2.05, 4.69) is 10.6 Å². The summed E-state index contributed by atoms with van der Waals surface area (Å²) in [6, 6.07) is -3.06. The van der Waals surface area contributed by atoms with Gasteiger partial charge in [-0.3, -0.25) is 14.4 Å². The fraction of sp³-hybridized carbons (Fsp3) is 0.733. The van der Waals surface area contributed by atoms with Crippen LogP contribution >= 0.6 is 11.8 Å². The topological polar surface area (TPSA) is 159 Å². The zero-order valence-electron chi connectivity index (χ0n) is 14.7. The second-order valence-electron chi connectivity index (χ2n) is 5.95. The average Bonchev–Trinajstić information content (AvgIpc) is 2.52. The Bertz CT molecular complexity index is 486. The largest absolute Gasteiger partial charge is 0.481 e. The van der Waals surface area contributed by atoms with Gasteiger partial charge in [0.2, 0.25) is 11.8 Å². The van der Waals surface area contributed by atoms with E-state index in [0.29, 0.717) is 12.2 Å². The van der Waals surface area contributed by atoms with Gasteiger partial charge in [0.1, 0.15) is 12.1 Å². The van der Waals surface area contributed by atoms with Crippen LogP contribution in [0.3, 0.4) is 0 Å². The van der Waals surface area contributed by atoms with Gasteiger partial charge in [-0.25, -0.2) is 4.79 Å². The molecule has 0 saturated heterocycles. The first kappa shape index (κ1) is 23.2. The first-order valence-corrected chi connectivity index (χ1v) is 9.29. The highest BCUT2D eigenvalue weighted by molar-refractivity contribution is 7.98. The molecule has 144 valence electrons. The smallest absolute Gasteiger partial charge is 0.326 e. The molecule has 0 aliphatic carbocycles. The first-order valence-electron chi connectivity index (χ1n) is 7.90. The fourth-order valence-electron chi connectivity index (χ4n) is 1.96. The van der Waals surface area contributed by atoms with Crippen LogP contribution in [0.25, 0.3) is 0 Å². The van der Waals surface area contributed by atoms with Gasteiger partial charge in [-0.2, -0.15) is 11.8 Å². The number of thioether (sulfide) groups is 1. The minimum Gasteiger partial charge on any atom is -0.481 e. The first-order chi connectivity index (χ1) is 11.6. The van der Waals surface area contributed by atoms with Gasteiger partial charge in [-0.15, -0.1) is 0 Å². The lowest BCUT2D eigenvalue weighted by molar-refractivity contribution is -0.143. The van der Waals surface area contributed by atoms with Gasteiger partial charge >= 0.3 is 11.9 Å². The van der Waals surface area contributed by atoms with Crippen molar-refractivity contribution in [3.05, 3.63) is 0 Å². The number of hydrogen-bond donors (Lipinski definition) is 5. The molecule has 0 bridgehead atoms. The van der Waals surface area contributed by atoms with Crippen LogP contribution < -0.4 is 16.4 Å². The Morgan fingerprint density at radius 1 is 1.04 bits per heavy atom. The normalized spacial score (nSPS) is 14.4. The van der Waals surface area contributed by atoms with Gasteiger partial charge in [0, 0.05) is 6.42 Å². The number of hydrogen-bond acceptors (Lipinski definition) is 6. The molecule has 0 aliphatic rings. The minimum absolute atomic E-state index is 0.248. The Hall–Kier alpha value is -1.81. The molecule has 0 rings (SSSR count). The number of carboxylic acid groups (broad SMARTS) is 2. The van der Waals surface area contributed by atoms with E-state index in [1.807, 2.05) is 6.26 Å². The van der Waals surface area contributed by atoms with E-state index in [9.17, 15) is 19.2 Å². The van der Waals surface area contributed by atoms with Gasteiger partial charge in [0.15, 0.2) is 0 Å². The summed E-state index contributed by atoms with van der Waals surface area (Å²) >= 11 is 1.55. The predicted molar refractivity (Wildman–Crippen MR) is 94.2 cm³/mol. The van der Waals surface area contributed by atoms with Crippen LogP contribution in [0.2, 0.25) is 0 Å². The van der Waals surface area contributed by atoms with Gasteiger partial charge in [-0.05, 0) is 30.8 Å². The Kier molecular flexibility index (Phi) is 10.8. The van der Waals surface area contributed by atoms with Crippen molar-refractivity contribution in [1.29, 1.82) is 0 Å². The van der Waals surface area contributed by atoms with E-state index >= 15 is 0 Å². The molecule has 0 aromatic heterocycles. The number of rotatable bonds is 12. The SMILES string of the molecule is CSCC[C@H](N)C(=O)N[C@H](C(=O)N[C@@H](CCC(=O)O)C(=O)O)C(C)C. The molecular formula is C15H27N3O6S. The summed E-state index contributed by atoms with van der Waals surface area (Å²) in [6.07, 6.45) is 1.70. The van der Waals surface area contributed by atoms with Gasteiger partial charge < -0.3 is 26.6 Å². The zero-order chi connectivity index (χ0) is 19.6. The van der Waals surface area contributed by atoms with Crippen LogP contribution in [0, 0.1) is 5.92 Å². The van der Waals surface area contributed by atoms with Crippen molar-refractivity contribution in [2.24, 2.45) is 11.7 Å². The van der Waals surface area contributed by atoms with Crippen LogP contribution in [0.4, 0.5) is 0 Å². The summed E-state index contributed by atoms with van der Waals surface area (Å²) < 4.78 is 0. The van der Waals surface area contributed by atoms with E-state index < -0.39 is 48.3 Å². The van der Waals surface area contributed by atoms with E-state index in [1.165, 1.54) is 0 Å². The van der Waals surface area contributed by atoms with Crippen LogP contribution in [-0.2, 0) is 19.2 Å². The predicted octanol–water partition coefficient (Wildman–Crippen LogP) is -0.358. The summed E-state index contributed by atoms with van der Waals surface area (Å²) in [5, 5.41) is 22.6. The number of nitrogens with one attached hydrogen (secondary N) is 2. The van der Waals surface area contributed by atoms with Crippen molar-refractivity contribution in [2.75, 3.05) is 12.0 Å². The van der Waals surface area contributed by atoms with Crippen molar-refractivity contribution in [3.8, 4) is 0 Å². The average molecular weight is 377 g/mol. The second-order valence-corrected chi connectivity index (χ2v) is 6.94. The maximum atomic E-state index is 12.3. The highest BCUT2D eigenvalue weighted by Gasteiger charge is 2.30. The van der Waals surface area contributed by atoms with E-state index in [1.54, 1.807) is 25.6 Å². The molecule has 0 saturated carbocycles. The molecule has 25 heavy (non-hydrogen) atoms. The Morgan fingerprint density at radius 2 is 1.64 bits per heavy atom. The highest BCUT2D eigenvalue weighted by atomic mass is 32.2. The number of nitrogens with two attached hydrogens (primary N) is 1. The minimum atomic E-state index is -1.34. The lowest BCUT2D eigenvalue weighted by atomic mass is 10.0. The van der Waals surface area contributed by atoms with Crippen LogP contribution in [0.5, 0.6) is 0 Å². The molecular weight excluding hydrogens is 350 g/mol. The summed E-state index contributed by atoms with van der Waals surface area (Å²) in [6.45, 7) is 3.40. The summed E-state index contributed by atoms with van der Waals surface area (Å²) in [5.74, 6) is -3.26. The van der Waals surface area contributed by atoms with Gasteiger partial charge in [0.25, 0.3) is 0 Å². The lowest BCUT2D eigenvalue weighted by Gasteiger charge is -2.25. The molecule has 0 unspecified atom stereocenters. The molecule has 9 nitrogen and oxygen atoms in total. The van der Waals surface area contributed by atoms with Crippen molar-refractivity contribution in [2.45, 2.75) is 51.2 Å². The number of carbonyl (C=O) groups is 4. The lowest BCUT2D eigenvalue weighted by Crippen LogP contribution is -2.56. The van der Waals surface area contributed by atoms with Crippen molar-refractivity contribution >= 4 is 35.5 Å². The number of carboxylic acids is 2. The van der Waals surface area contributed by atoms with Crippen molar-refractivity contribution < 1.29 is 29.4 Å². The molecule has 2 amide bonds. The highest BCUT2D eigenvalue weighted by Crippen LogP contribution is 2.06. The third-order valence-corrected chi connectivity index (χ3v) is 4.12. The molecule has 0 fully saturated rings. The quantitative estimate of drug-likeness (QED) is 0.308. The van der Waals surface area contributed by atoms with E-state index in [-0.39, 0.29) is 12.3 Å². The fourth-order valence-corrected chi connectivity index (χ4v) is 2.45. The summed E-state index contributed by atoms with van der Waals surface area (Å²) in [7, 11) is 0.